The Bertz CT molecular complexity index is 814. The van der Waals surface area contributed by atoms with Crippen molar-refractivity contribution in [2.24, 2.45) is 5.92 Å². The fraction of sp³-hybridized carbons (Fsp3) is 0.500. The minimum atomic E-state index is -3.74. The Kier molecular flexibility index (Phi) is 4.32. The number of rotatable bonds is 4. The number of halogens is 1. The average Bonchev–Trinajstić information content (AvgIpc) is 3.19. The summed E-state index contributed by atoms with van der Waals surface area (Å²) >= 11 is 5.98. The van der Waals surface area contributed by atoms with Crippen LogP contribution in [-0.4, -0.2) is 36.3 Å². The van der Waals surface area contributed by atoms with Crippen LogP contribution in [0.15, 0.2) is 29.2 Å². The van der Waals surface area contributed by atoms with Crippen molar-refractivity contribution < 1.29 is 18.3 Å². The van der Waals surface area contributed by atoms with Crippen LogP contribution in [0.4, 0.5) is 0 Å². The van der Waals surface area contributed by atoms with Gasteiger partial charge >= 0.3 is 0 Å². The van der Waals surface area contributed by atoms with Crippen molar-refractivity contribution in [2.45, 2.75) is 47.5 Å². The lowest BCUT2D eigenvalue weighted by Gasteiger charge is -2.16. The van der Waals surface area contributed by atoms with Gasteiger partial charge in [0.15, 0.2) is 9.84 Å². The van der Waals surface area contributed by atoms with Crippen LogP contribution < -0.4 is 5.32 Å². The van der Waals surface area contributed by atoms with Crippen molar-refractivity contribution in [2.75, 3.05) is 0 Å². The van der Waals surface area contributed by atoms with Crippen molar-refractivity contribution in [3.63, 3.8) is 0 Å². The summed E-state index contributed by atoms with van der Waals surface area (Å²) in [7, 11) is -3.74. The number of benzene rings is 1. The summed E-state index contributed by atoms with van der Waals surface area (Å²) in [5.41, 5.74) is -0.837. The molecule has 6 nitrogen and oxygen atoms in total. The summed E-state index contributed by atoms with van der Waals surface area (Å²) in [5.74, 6) is -1.29. The molecule has 2 saturated carbocycles. The molecule has 0 heterocycles. The average molecular weight is 369 g/mol. The molecule has 1 unspecified atom stereocenters. The molecule has 24 heavy (non-hydrogen) atoms. The Labute approximate surface area is 145 Å². The summed E-state index contributed by atoms with van der Waals surface area (Å²) in [5, 5.41) is 21.1. The van der Waals surface area contributed by atoms with E-state index < -0.39 is 38.6 Å². The van der Waals surface area contributed by atoms with E-state index in [4.69, 9.17) is 16.9 Å². The van der Waals surface area contributed by atoms with E-state index in [9.17, 15) is 18.3 Å². The zero-order valence-corrected chi connectivity index (χ0v) is 14.3. The van der Waals surface area contributed by atoms with Crippen LogP contribution >= 0.6 is 11.6 Å². The van der Waals surface area contributed by atoms with E-state index in [1.807, 2.05) is 6.07 Å². The predicted octanol–water partition coefficient (Wildman–Crippen LogP) is 1.43. The molecule has 3 atom stereocenters. The monoisotopic (exact) mass is 368 g/mol. The Morgan fingerprint density at radius 3 is 2.58 bits per heavy atom. The molecule has 1 aromatic rings. The first-order valence-electron chi connectivity index (χ1n) is 7.69. The normalized spacial score (nSPS) is 28.1. The molecule has 0 radical (unpaired) electrons. The molecule has 0 spiro atoms. The molecule has 1 aromatic carbocycles. The Balaban J connectivity index is 1.77. The molecular weight excluding hydrogens is 352 g/mol. The van der Waals surface area contributed by atoms with E-state index in [0.717, 1.165) is 0 Å². The highest BCUT2D eigenvalue weighted by Crippen LogP contribution is 2.39. The number of aliphatic hydroxyl groups is 1. The maximum absolute atomic E-state index is 12.7. The van der Waals surface area contributed by atoms with Crippen LogP contribution in [-0.2, 0) is 14.6 Å². The van der Waals surface area contributed by atoms with Crippen molar-refractivity contribution >= 4 is 27.3 Å². The van der Waals surface area contributed by atoms with Gasteiger partial charge in [-0.1, -0.05) is 23.7 Å². The van der Waals surface area contributed by atoms with E-state index in [1.165, 1.54) is 12.1 Å². The molecule has 2 fully saturated rings. The standard InChI is InChI=1S/C16H17ClN2O4S/c17-12-3-1-2-4-14(12)24(22,23)10-7-11(13(20)8-10)15(21)19-16(9-18)5-6-16/h1-4,10-11,13,20H,5-8H2,(H,19,21)/t10?,11-,13-/m0/s1. The first-order chi connectivity index (χ1) is 11.3. The summed E-state index contributed by atoms with van der Waals surface area (Å²) in [6.45, 7) is 0. The number of carbonyl (C=O) groups excluding carboxylic acids is 1. The predicted molar refractivity (Wildman–Crippen MR) is 86.9 cm³/mol. The lowest BCUT2D eigenvalue weighted by atomic mass is 10.0. The van der Waals surface area contributed by atoms with Crippen LogP contribution in [0.1, 0.15) is 25.7 Å². The third-order valence-electron chi connectivity index (χ3n) is 4.73. The highest BCUT2D eigenvalue weighted by molar-refractivity contribution is 7.92. The lowest BCUT2D eigenvalue weighted by molar-refractivity contribution is -0.128. The summed E-state index contributed by atoms with van der Waals surface area (Å²) in [6, 6.07) is 8.18. The van der Waals surface area contributed by atoms with Crippen LogP contribution in [0.5, 0.6) is 0 Å². The van der Waals surface area contributed by atoms with Crippen LogP contribution in [0.25, 0.3) is 0 Å². The largest absolute Gasteiger partial charge is 0.392 e. The maximum atomic E-state index is 12.7. The molecule has 128 valence electrons. The number of sulfone groups is 1. The Morgan fingerprint density at radius 2 is 2.00 bits per heavy atom. The SMILES string of the molecule is N#CC1(NC(=O)[C@H]2CC(S(=O)(=O)c3ccccc3Cl)C[C@@H]2O)CC1. The van der Waals surface area contributed by atoms with Gasteiger partial charge in [0.05, 0.1) is 33.3 Å². The van der Waals surface area contributed by atoms with Gasteiger partial charge in [-0.2, -0.15) is 5.26 Å². The molecule has 8 heteroatoms. The van der Waals surface area contributed by atoms with Crippen molar-refractivity contribution in [3.05, 3.63) is 29.3 Å². The summed E-state index contributed by atoms with van der Waals surface area (Å²) < 4.78 is 25.5. The van der Waals surface area contributed by atoms with Crippen molar-refractivity contribution in [1.82, 2.24) is 5.32 Å². The van der Waals surface area contributed by atoms with E-state index >= 15 is 0 Å². The van der Waals surface area contributed by atoms with Gasteiger partial charge in [0, 0.05) is 0 Å². The number of hydrogen-bond acceptors (Lipinski definition) is 5. The van der Waals surface area contributed by atoms with Gasteiger partial charge in [0.1, 0.15) is 5.54 Å². The number of nitriles is 1. The molecule has 0 bridgehead atoms. The van der Waals surface area contributed by atoms with Gasteiger partial charge in [-0.15, -0.1) is 0 Å². The van der Waals surface area contributed by atoms with Crippen LogP contribution in [0.3, 0.4) is 0 Å². The van der Waals surface area contributed by atoms with Gasteiger partial charge in [-0.3, -0.25) is 4.79 Å². The molecule has 3 rings (SSSR count). The molecule has 0 aliphatic heterocycles. The smallest absolute Gasteiger partial charge is 0.227 e. The number of aliphatic hydroxyl groups excluding tert-OH is 1. The van der Waals surface area contributed by atoms with Gasteiger partial charge < -0.3 is 10.4 Å². The zero-order chi connectivity index (χ0) is 17.5. The molecule has 2 aliphatic carbocycles. The van der Waals surface area contributed by atoms with Gasteiger partial charge in [-0.05, 0) is 37.8 Å². The molecule has 0 aromatic heterocycles. The van der Waals surface area contributed by atoms with Gasteiger partial charge in [0.2, 0.25) is 5.91 Å². The summed E-state index contributed by atoms with van der Waals surface area (Å²) in [6.07, 6.45) is 0.105. The minimum Gasteiger partial charge on any atom is -0.392 e. The quantitative estimate of drug-likeness (QED) is 0.835. The number of amides is 1. The topological polar surface area (TPSA) is 107 Å². The number of carbonyl (C=O) groups is 1. The van der Waals surface area contributed by atoms with E-state index in [2.05, 4.69) is 5.32 Å². The zero-order valence-electron chi connectivity index (χ0n) is 12.8. The van der Waals surface area contributed by atoms with Crippen LogP contribution in [0.2, 0.25) is 5.02 Å². The molecule has 0 saturated heterocycles. The van der Waals surface area contributed by atoms with Gasteiger partial charge in [-0.25, -0.2) is 8.42 Å². The van der Waals surface area contributed by atoms with Crippen LogP contribution in [0, 0.1) is 17.2 Å². The first-order valence-corrected chi connectivity index (χ1v) is 9.61. The fourth-order valence-corrected chi connectivity index (χ4v) is 5.42. The first kappa shape index (κ1) is 17.2. The maximum Gasteiger partial charge on any atom is 0.227 e. The second kappa shape index (κ2) is 6.03. The van der Waals surface area contributed by atoms with Crippen molar-refractivity contribution in [3.8, 4) is 6.07 Å². The van der Waals surface area contributed by atoms with E-state index in [-0.39, 0.29) is 22.8 Å². The molecule has 1 amide bonds. The van der Waals surface area contributed by atoms with Crippen molar-refractivity contribution in [1.29, 1.82) is 5.26 Å². The Morgan fingerprint density at radius 1 is 1.33 bits per heavy atom. The number of nitrogens with one attached hydrogen (secondary N) is 1. The highest BCUT2D eigenvalue weighted by atomic mass is 35.5. The second-order valence-corrected chi connectivity index (χ2v) is 9.03. The van der Waals surface area contributed by atoms with E-state index in [1.54, 1.807) is 12.1 Å². The number of nitrogens with zero attached hydrogens (tertiary/aromatic N) is 1. The second-order valence-electron chi connectivity index (χ2n) is 6.43. The highest BCUT2D eigenvalue weighted by Gasteiger charge is 2.49. The van der Waals surface area contributed by atoms with Gasteiger partial charge in [0.25, 0.3) is 0 Å². The summed E-state index contributed by atoms with van der Waals surface area (Å²) in [4.78, 5) is 12.3. The third kappa shape index (κ3) is 3.02. The lowest BCUT2D eigenvalue weighted by Crippen LogP contribution is -2.42. The van der Waals surface area contributed by atoms with E-state index in [0.29, 0.717) is 12.8 Å². The number of hydrogen-bond donors (Lipinski definition) is 2. The third-order valence-corrected chi connectivity index (χ3v) is 7.40. The fourth-order valence-electron chi connectivity index (χ4n) is 3.08. The minimum absolute atomic E-state index is 0.0145. The molecule has 2 N–H and O–H groups in total. The Hall–Kier alpha value is -1.62. The molecule has 2 aliphatic rings. The molecular formula is C16H17ClN2O4S.